The first-order chi connectivity index (χ1) is 18.9. The van der Waals surface area contributed by atoms with Crippen LogP contribution in [0.5, 0.6) is 23.3 Å². The number of rotatable bonds is 6. The van der Waals surface area contributed by atoms with Crippen LogP contribution in [0.2, 0.25) is 0 Å². The number of hydrogen-bond acceptors (Lipinski definition) is 7. The third-order valence-electron chi connectivity index (χ3n) is 6.44. The molecule has 4 aromatic rings. The minimum absolute atomic E-state index is 0.229. The summed E-state index contributed by atoms with van der Waals surface area (Å²) < 4.78 is 25.1. The monoisotopic (exact) mass is 523 g/mol. The smallest absolute Gasteiger partial charge is 0.252 e. The van der Waals surface area contributed by atoms with Gasteiger partial charge in [-0.1, -0.05) is 12.1 Å². The van der Waals surface area contributed by atoms with Gasteiger partial charge >= 0.3 is 0 Å². The highest BCUT2D eigenvalue weighted by Crippen LogP contribution is 2.47. The first-order valence-electron chi connectivity index (χ1n) is 12.3. The summed E-state index contributed by atoms with van der Waals surface area (Å²) in [5, 5.41) is 5.50. The number of aliphatic imine (C=N–C) groups is 1. The van der Waals surface area contributed by atoms with Gasteiger partial charge in [0.25, 0.3) is 11.8 Å². The number of fused-ring (bicyclic) bond motifs is 2. The Kier molecular flexibility index (Phi) is 5.99. The number of ether oxygens (including phenoxy) is 2. The van der Waals surface area contributed by atoms with Crippen molar-refractivity contribution in [1.82, 2.24) is 9.97 Å². The molecule has 39 heavy (non-hydrogen) atoms. The van der Waals surface area contributed by atoms with Gasteiger partial charge < -0.3 is 20.1 Å². The number of carbonyl (C=O) groups excluding carboxylic acids is 2. The fourth-order valence-electron chi connectivity index (χ4n) is 4.12. The van der Waals surface area contributed by atoms with Crippen LogP contribution in [0, 0.1) is 18.2 Å². The topological polar surface area (TPSA) is 115 Å². The molecule has 0 radical (unpaired) electrons. The summed E-state index contributed by atoms with van der Waals surface area (Å²) in [6.45, 7) is 1.73. The maximum absolute atomic E-state index is 13.1. The second-order valence-corrected chi connectivity index (χ2v) is 9.25. The summed E-state index contributed by atoms with van der Waals surface area (Å²) in [6, 6.07) is 19.6. The number of nitrogens with zero attached hydrogens (tertiary/aromatic N) is 3. The molecule has 2 amide bonds. The van der Waals surface area contributed by atoms with Crippen molar-refractivity contribution < 1.29 is 23.5 Å². The Morgan fingerprint density at radius 1 is 0.897 bits per heavy atom. The molecule has 0 bridgehead atoms. The Bertz CT molecular complexity index is 1620. The van der Waals surface area contributed by atoms with Gasteiger partial charge in [0.15, 0.2) is 5.69 Å². The van der Waals surface area contributed by atoms with Crippen molar-refractivity contribution in [2.45, 2.75) is 19.8 Å². The molecular formula is C29H22FN5O4. The number of nitrogens with one attached hydrogen (secondary N) is 2. The van der Waals surface area contributed by atoms with E-state index in [1.54, 1.807) is 37.4 Å². The number of halogens is 1. The van der Waals surface area contributed by atoms with Crippen LogP contribution in [0.15, 0.2) is 77.8 Å². The van der Waals surface area contributed by atoms with Crippen molar-refractivity contribution in [3.05, 3.63) is 90.0 Å². The Hall–Kier alpha value is -5.12. The van der Waals surface area contributed by atoms with E-state index < -0.39 is 23.0 Å². The maximum atomic E-state index is 13.1. The molecular weight excluding hydrogens is 501 g/mol. The van der Waals surface area contributed by atoms with Gasteiger partial charge in [0, 0.05) is 23.2 Å². The van der Waals surface area contributed by atoms with Crippen LogP contribution in [0.1, 0.15) is 24.2 Å². The van der Waals surface area contributed by atoms with Gasteiger partial charge in [0.1, 0.15) is 28.6 Å². The molecule has 3 aromatic carbocycles. The predicted molar refractivity (Wildman–Crippen MR) is 142 cm³/mol. The average molecular weight is 524 g/mol. The van der Waals surface area contributed by atoms with Crippen molar-refractivity contribution in [1.29, 1.82) is 0 Å². The lowest BCUT2D eigenvalue weighted by molar-refractivity contribution is -0.131. The summed E-state index contributed by atoms with van der Waals surface area (Å²) in [4.78, 5) is 39.0. The Morgan fingerprint density at radius 3 is 2.21 bits per heavy atom. The normalized spacial score (nSPS) is 14.2. The zero-order chi connectivity index (χ0) is 27.0. The first-order valence-corrected chi connectivity index (χ1v) is 12.3. The Balaban J connectivity index is 1.15. The van der Waals surface area contributed by atoms with Crippen LogP contribution in [0.4, 0.5) is 21.5 Å². The number of carbonyl (C=O) groups is 2. The van der Waals surface area contributed by atoms with Gasteiger partial charge in [0.2, 0.25) is 11.8 Å². The van der Waals surface area contributed by atoms with Crippen molar-refractivity contribution in [3.8, 4) is 23.3 Å². The Labute approximate surface area is 222 Å². The van der Waals surface area contributed by atoms with Crippen LogP contribution in [0.25, 0.3) is 0 Å². The van der Waals surface area contributed by atoms with E-state index in [2.05, 4.69) is 25.6 Å². The second kappa shape index (κ2) is 9.64. The van der Waals surface area contributed by atoms with Gasteiger partial charge in [-0.25, -0.2) is 9.38 Å². The summed E-state index contributed by atoms with van der Waals surface area (Å²) in [5.74, 6) is 0.829. The summed E-state index contributed by atoms with van der Waals surface area (Å²) in [5.41, 5.74) is 0.937. The molecule has 2 heterocycles. The number of hydrogen-bond donors (Lipinski definition) is 2. The molecule has 194 valence electrons. The highest BCUT2D eigenvalue weighted by molar-refractivity contribution is 6.16. The number of aromatic nitrogens is 2. The number of anilines is 2. The lowest BCUT2D eigenvalue weighted by atomic mass is 10.0. The summed E-state index contributed by atoms with van der Waals surface area (Å²) in [6.07, 6.45) is 2.53. The van der Waals surface area contributed by atoms with E-state index in [0.29, 0.717) is 47.2 Å². The van der Waals surface area contributed by atoms with Crippen molar-refractivity contribution in [2.75, 3.05) is 10.6 Å². The van der Waals surface area contributed by atoms with E-state index >= 15 is 0 Å². The van der Waals surface area contributed by atoms with Crippen LogP contribution in [-0.2, 0) is 9.59 Å². The van der Waals surface area contributed by atoms with Crippen molar-refractivity contribution in [2.24, 2.45) is 10.4 Å². The van der Waals surface area contributed by atoms with Crippen LogP contribution < -0.4 is 20.1 Å². The zero-order valence-electron chi connectivity index (χ0n) is 20.8. The van der Waals surface area contributed by atoms with Crippen LogP contribution >= 0.6 is 0 Å². The van der Waals surface area contributed by atoms with E-state index in [0.717, 1.165) is 5.56 Å². The van der Waals surface area contributed by atoms with E-state index in [-0.39, 0.29) is 11.8 Å². The quantitative estimate of drug-likeness (QED) is 0.267. The molecule has 0 spiro atoms. The second-order valence-electron chi connectivity index (χ2n) is 9.25. The average Bonchev–Trinajstić information content (AvgIpc) is 3.75. The third kappa shape index (κ3) is 4.91. The number of amides is 2. The van der Waals surface area contributed by atoms with Crippen LogP contribution in [0.3, 0.4) is 0 Å². The van der Waals surface area contributed by atoms with Gasteiger partial charge in [-0.2, -0.15) is 9.97 Å². The van der Waals surface area contributed by atoms with E-state index in [4.69, 9.17) is 9.47 Å². The molecule has 2 N–H and O–H groups in total. The number of aryl methyl sites for hydroxylation is 1. The molecule has 0 atom stereocenters. The minimum atomic E-state index is -1.16. The highest BCUT2D eigenvalue weighted by atomic mass is 19.1. The van der Waals surface area contributed by atoms with Gasteiger partial charge in [-0.15, -0.1) is 0 Å². The van der Waals surface area contributed by atoms with Gasteiger partial charge in [-0.05, 0) is 80.4 Å². The molecule has 0 unspecified atom stereocenters. The lowest BCUT2D eigenvalue weighted by Gasteiger charge is -2.16. The standard InChI is InChI=1S/C29H22FN5O4/c1-17-32-25(24-26(33-17)39-23-5-3-2-4-18(23)16-31-24)38-22-12-10-21(11-13-22)35-28(37)29(14-15-29)27(36)34-20-8-6-19(30)7-9-20/h2-13,16H,14-15H2,1H3,(H,34,36)(H,35,37). The minimum Gasteiger partial charge on any atom is -0.437 e. The van der Waals surface area contributed by atoms with Crippen molar-refractivity contribution >= 4 is 35.1 Å². The molecule has 1 saturated carbocycles. The fraction of sp³-hybridized carbons (Fsp3) is 0.138. The SMILES string of the molecule is Cc1nc(Oc2ccc(NC(=O)C3(C(=O)Nc4ccc(F)cc4)CC3)cc2)c2c(n1)Oc1ccccc1C=N2. The van der Waals surface area contributed by atoms with E-state index in [1.165, 1.54) is 24.3 Å². The summed E-state index contributed by atoms with van der Waals surface area (Å²) in [7, 11) is 0. The first kappa shape index (κ1) is 24.2. The molecule has 2 aliphatic rings. The number of para-hydroxylation sites is 1. The maximum Gasteiger partial charge on any atom is 0.252 e. The third-order valence-corrected chi connectivity index (χ3v) is 6.44. The molecule has 1 fully saturated rings. The van der Waals surface area contributed by atoms with E-state index in [1.807, 2.05) is 24.3 Å². The van der Waals surface area contributed by atoms with Crippen molar-refractivity contribution in [3.63, 3.8) is 0 Å². The lowest BCUT2D eigenvalue weighted by Crippen LogP contribution is -2.35. The molecule has 1 aliphatic heterocycles. The highest BCUT2D eigenvalue weighted by Gasteiger charge is 2.56. The number of benzene rings is 3. The molecule has 1 aliphatic carbocycles. The van der Waals surface area contributed by atoms with Gasteiger partial charge in [-0.3, -0.25) is 9.59 Å². The molecule has 9 nitrogen and oxygen atoms in total. The molecule has 0 saturated heterocycles. The van der Waals surface area contributed by atoms with E-state index in [9.17, 15) is 14.0 Å². The molecule has 10 heteroatoms. The van der Waals surface area contributed by atoms with Crippen LogP contribution in [-0.4, -0.2) is 28.0 Å². The fourth-order valence-corrected chi connectivity index (χ4v) is 4.12. The zero-order valence-corrected chi connectivity index (χ0v) is 20.8. The van der Waals surface area contributed by atoms with Gasteiger partial charge in [0.05, 0.1) is 0 Å². The largest absolute Gasteiger partial charge is 0.437 e. The molecule has 1 aromatic heterocycles. The Morgan fingerprint density at radius 2 is 1.54 bits per heavy atom. The summed E-state index contributed by atoms with van der Waals surface area (Å²) >= 11 is 0. The predicted octanol–water partition coefficient (Wildman–Crippen LogP) is 5.93. The molecule has 6 rings (SSSR count).